The first-order valence-corrected chi connectivity index (χ1v) is 30.9. The normalized spacial score (nSPS) is 37.5. The van der Waals surface area contributed by atoms with Crippen molar-refractivity contribution in [3.8, 4) is 0 Å². The van der Waals surface area contributed by atoms with Crippen LogP contribution in [0.5, 0.6) is 0 Å². The topological polar surface area (TPSA) is 124 Å². The lowest BCUT2D eigenvalue weighted by molar-refractivity contribution is -0.166. The molecule has 10 heterocycles. The predicted molar refractivity (Wildman–Crippen MR) is 247 cm³/mol. The maximum atomic E-state index is 15.7. The van der Waals surface area contributed by atoms with Gasteiger partial charge in [-0.15, -0.1) is 0 Å². The number of nitrogens with zero attached hydrogens (tertiary/aromatic N) is 4. The number of para-hydroxylation sites is 2. The van der Waals surface area contributed by atoms with E-state index in [2.05, 4.69) is 103 Å². The second-order valence-electron chi connectivity index (χ2n) is 21.1. The van der Waals surface area contributed by atoms with Crippen molar-refractivity contribution < 1.29 is 28.0 Å². The quantitative estimate of drug-likeness (QED) is 0.213. The second-order valence-corrected chi connectivity index (χ2v) is 36.1. The summed E-state index contributed by atoms with van der Waals surface area (Å²) >= 11 is 0. The third-order valence-electron chi connectivity index (χ3n) is 16.4. The van der Waals surface area contributed by atoms with E-state index in [1.165, 1.54) is 43.2 Å². The van der Waals surface area contributed by atoms with Gasteiger partial charge in [0.05, 0.1) is 24.0 Å². The van der Waals surface area contributed by atoms with Gasteiger partial charge in [0.2, 0.25) is 9.74 Å². The average molecular weight is 925 g/mol. The zero-order chi connectivity index (χ0) is 43.2. The van der Waals surface area contributed by atoms with E-state index in [9.17, 15) is 0 Å². The Morgan fingerprint density at radius 3 is 1.30 bits per heavy atom. The summed E-state index contributed by atoms with van der Waals surface area (Å²) in [6.07, 6.45) is -0.788. The zero-order valence-corrected chi connectivity index (χ0v) is 41.7. The van der Waals surface area contributed by atoms with Gasteiger partial charge >= 0.3 is 0 Å². The van der Waals surface area contributed by atoms with Gasteiger partial charge in [0, 0.05) is 38.3 Å². The fourth-order valence-electron chi connectivity index (χ4n) is 10.9. The van der Waals surface area contributed by atoms with E-state index in [4.69, 9.17) is 8.85 Å². The standard InChI is InChI=1S/C42H56N6O6S4Si2/c1-35(2,3)59(9,10)53-23-41-33(51)47-29-37(25-17-13-15-19-27(25)43-29,21-39(47,55-57-41)31(49)45(41)7)38-22-40-32(50)46(8)42(58-56-40,24-54-60(11,12)36(4,5)6)34(52)48(40)30(38)44-28-20-16-14-18-26(28)38/h13-20,29-30,43-44H,21-24H2,1-12H3/t29-,30-,37+,38+,39+,40+,41-,42-/m1/s1. The number of piperazine rings is 2. The minimum Gasteiger partial charge on any atom is -0.413 e. The number of benzene rings is 2. The number of carbonyl (C=O) groups is 4. The Kier molecular flexibility index (Phi) is 8.52. The summed E-state index contributed by atoms with van der Waals surface area (Å²) in [6.45, 7) is 21.9. The van der Waals surface area contributed by atoms with Crippen molar-refractivity contribution in [1.29, 1.82) is 0 Å². The summed E-state index contributed by atoms with van der Waals surface area (Å²) in [5, 5.41) is 7.50. The lowest BCUT2D eigenvalue weighted by Gasteiger charge is -2.58. The molecule has 0 saturated carbocycles. The van der Waals surface area contributed by atoms with E-state index in [1.807, 2.05) is 34.1 Å². The van der Waals surface area contributed by atoms with Gasteiger partial charge in [-0.3, -0.25) is 29.0 Å². The molecule has 12 rings (SSSR count). The number of rotatable bonds is 7. The number of anilines is 2. The molecule has 2 aromatic rings. The fraction of sp³-hybridized carbons (Fsp3) is 0.619. The first kappa shape index (κ1) is 41.7. The lowest BCUT2D eigenvalue weighted by atomic mass is 9.54. The molecule has 10 aliphatic heterocycles. The number of nitrogens with one attached hydrogen (secondary N) is 2. The fourth-order valence-corrected chi connectivity index (χ4v) is 20.4. The third kappa shape index (κ3) is 4.58. The van der Waals surface area contributed by atoms with Crippen molar-refractivity contribution in [3.05, 3.63) is 59.7 Å². The van der Waals surface area contributed by atoms with Gasteiger partial charge in [-0.25, -0.2) is 0 Å². The van der Waals surface area contributed by atoms with Crippen molar-refractivity contribution in [2.45, 2.75) is 133 Å². The molecule has 0 unspecified atom stereocenters. The molecule has 8 fully saturated rings. The van der Waals surface area contributed by atoms with Crippen LogP contribution in [0.1, 0.15) is 65.5 Å². The summed E-state index contributed by atoms with van der Waals surface area (Å²) in [5.41, 5.74) is 1.78. The van der Waals surface area contributed by atoms with Gasteiger partial charge in [0.25, 0.3) is 23.6 Å². The number of hydrogen-bond acceptors (Lipinski definition) is 12. The smallest absolute Gasteiger partial charge is 0.265 e. The van der Waals surface area contributed by atoms with Crippen molar-refractivity contribution >= 4 is 94.8 Å². The molecule has 4 amide bonds. The van der Waals surface area contributed by atoms with Gasteiger partial charge in [-0.05, 0) is 81.1 Å². The molecule has 4 bridgehead atoms. The maximum absolute atomic E-state index is 15.7. The second kappa shape index (κ2) is 12.3. The van der Waals surface area contributed by atoms with Gasteiger partial charge in [-0.2, -0.15) is 0 Å². The first-order chi connectivity index (χ1) is 27.9. The average Bonchev–Trinajstić information content (AvgIpc) is 3.87. The van der Waals surface area contributed by atoms with E-state index in [0.29, 0.717) is 0 Å². The number of fused-ring (bicyclic) bond motifs is 11. The van der Waals surface area contributed by atoms with Crippen molar-refractivity contribution in [1.82, 2.24) is 19.6 Å². The highest BCUT2D eigenvalue weighted by Gasteiger charge is 2.88. The predicted octanol–water partition coefficient (Wildman–Crippen LogP) is 7.39. The Morgan fingerprint density at radius 2 is 0.950 bits per heavy atom. The van der Waals surface area contributed by atoms with Crippen LogP contribution in [0.4, 0.5) is 11.4 Å². The van der Waals surface area contributed by atoms with Crippen LogP contribution in [-0.4, -0.2) is 119 Å². The van der Waals surface area contributed by atoms with Crippen LogP contribution in [0.2, 0.25) is 36.3 Å². The Labute approximate surface area is 371 Å². The number of amides is 4. The minimum atomic E-state index is -2.34. The Hall–Kier alpha value is -2.33. The summed E-state index contributed by atoms with van der Waals surface area (Å²) in [4.78, 5) is 64.1. The van der Waals surface area contributed by atoms with E-state index < -0.39 is 59.3 Å². The number of carbonyl (C=O) groups excluding carboxylic acids is 4. The molecular formula is C42H56N6O6S4Si2. The highest BCUT2D eigenvalue weighted by atomic mass is 33.1. The maximum Gasteiger partial charge on any atom is 0.265 e. The summed E-state index contributed by atoms with van der Waals surface area (Å²) in [6, 6.07) is 16.4. The van der Waals surface area contributed by atoms with Crippen LogP contribution in [0, 0.1) is 0 Å². The van der Waals surface area contributed by atoms with Crippen LogP contribution in [0.3, 0.4) is 0 Å². The molecule has 18 heteroatoms. The van der Waals surface area contributed by atoms with Crippen molar-refractivity contribution in [2.24, 2.45) is 0 Å². The van der Waals surface area contributed by atoms with Crippen LogP contribution >= 0.6 is 43.2 Å². The third-order valence-corrected chi connectivity index (χ3v) is 32.6. The molecular weight excluding hydrogens is 869 g/mol. The number of hydrogen-bond donors (Lipinski definition) is 2. The minimum absolute atomic E-state index is 0.0821. The lowest BCUT2D eigenvalue weighted by Crippen LogP contribution is -2.78. The molecule has 322 valence electrons. The molecule has 2 aromatic carbocycles. The van der Waals surface area contributed by atoms with Crippen LogP contribution in [-0.2, 0) is 38.9 Å². The van der Waals surface area contributed by atoms with E-state index in [0.717, 1.165) is 22.5 Å². The van der Waals surface area contributed by atoms with Gasteiger partial charge < -0.3 is 29.3 Å². The molecule has 10 aliphatic rings. The van der Waals surface area contributed by atoms with E-state index >= 15 is 19.2 Å². The molecule has 0 aromatic heterocycles. The summed E-state index contributed by atoms with van der Waals surface area (Å²) < 4.78 is 13.7. The van der Waals surface area contributed by atoms with Crippen LogP contribution in [0.15, 0.2) is 48.5 Å². The van der Waals surface area contributed by atoms with Crippen LogP contribution < -0.4 is 10.6 Å². The zero-order valence-electron chi connectivity index (χ0n) is 36.5. The molecule has 8 atom stereocenters. The molecule has 0 radical (unpaired) electrons. The first-order valence-electron chi connectivity index (χ1n) is 20.8. The number of likely N-dealkylation sites (N-methyl/N-ethyl adjacent to an activating group) is 2. The van der Waals surface area contributed by atoms with Gasteiger partial charge in [0.15, 0.2) is 26.4 Å². The highest BCUT2D eigenvalue weighted by Crippen LogP contribution is 2.79. The molecule has 12 nitrogen and oxygen atoms in total. The van der Waals surface area contributed by atoms with E-state index in [1.54, 1.807) is 23.9 Å². The molecule has 2 N–H and O–H groups in total. The Balaban J connectivity index is 1.16. The summed E-state index contributed by atoms with van der Waals surface area (Å²) in [5.74, 6) is -0.559. The van der Waals surface area contributed by atoms with Crippen LogP contribution in [0.25, 0.3) is 0 Å². The molecule has 8 saturated heterocycles. The highest BCUT2D eigenvalue weighted by molar-refractivity contribution is 8.78. The largest absolute Gasteiger partial charge is 0.413 e. The Bertz CT molecular complexity index is 2150. The molecule has 2 spiro atoms. The SMILES string of the molecule is CN1C(=O)[C@@]23C[C@]4([C@]56C[C@@]78SS[C@](CO[Si](C)(C)C(C)(C)C)(C(=O)N7[C@H]5Nc5ccccc56)N(C)C8=O)c5ccccc5N[C@@H]4N2C(=O)[C@@]1(CO[Si](C)(C)C(C)(C)C)SS3. The van der Waals surface area contributed by atoms with Crippen molar-refractivity contribution in [2.75, 3.05) is 37.9 Å². The summed E-state index contributed by atoms with van der Waals surface area (Å²) in [7, 11) is 4.70. The monoisotopic (exact) mass is 924 g/mol. The molecule has 0 aliphatic carbocycles. The Morgan fingerprint density at radius 1 is 0.600 bits per heavy atom. The van der Waals surface area contributed by atoms with Crippen molar-refractivity contribution in [3.63, 3.8) is 0 Å². The van der Waals surface area contributed by atoms with Gasteiger partial charge in [-0.1, -0.05) is 99.5 Å². The van der Waals surface area contributed by atoms with E-state index in [-0.39, 0.29) is 59.8 Å². The molecule has 60 heavy (non-hydrogen) atoms. The van der Waals surface area contributed by atoms with Gasteiger partial charge in [0.1, 0.15) is 12.3 Å².